The second-order valence-corrected chi connectivity index (χ2v) is 7.01. The lowest BCUT2D eigenvalue weighted by molar-refractivity contribution is -0.130. The lowest BCUT2D eigenvalue weighted by atomic mass is 10.0. The highest BCUT2D eigenvalue weighted by Gasteiger charge is 2.35. The number of Topliss-reactive ketones (excluding diaryl/α,β-unsaturated/α-hetero) is 1. The number of aromatic nitrogens is 1. The highest BCUT2D eigenvalue weighted by atomic mass is 16.5. The maximum atomic E-state index is 13.0. The fourth-order valence-electron chi connectivity index (χ4n) is 3.55. The molecule has 2 aromatic rings. The molecular weight excluding hydrogens is 384 g/mol. The Kier molecular flexibility index (Phi) is 6.15. The predicted molar refractivity (Wildman–Crippen MR) is 114 cm³/mol. The zero-order valence-electron chi connectivity index (χ0n) is 17.1. The van der Waals surface area contributed by atoms with Crippen molar-refractivity contribution in [2.24, 2.45) is 4.99 Å². The van der Waals surface area contributed by atoms with Crippen LogP contribution in [0.3, 0.4) is 0 Å². The van der Waals surface area contributed by atoms with Gasteiger partial charge in [-0.05, 0) is 25.8 Å². The van der Waals surface area contributed by atoms with Gasteiger partial charge in [0.05, 0.1) is 18.2 Å². The SMILES string of the molecule is C=Nc1[nH]cc(C(=O)C(=O)N2CCN(C(=O)c3ccccc3)C[C@H]2C)c1C(=C)OC. The van der Waals surface area contributed by atoms with Crippen molar-refractivity contribution < 1.29 is 19.1 Å². The number of nitrogens with zero attached hydrogens (tertiary/aromatic N) is 3. The standard InChI is InChI=1S/C22H24N4O4/c1-14-13-25(21(28)16-8-6-5-7-9-16)10-11-26(14)22(29)19(27)17-12-24-20(23-3)18(17)15(2)30-4/h5-9,12,14,24H,2-3,10-11,13H2,1,4H3/t14-/m1/s1. The normalized spacial score (nSPS) is 16.1. The van der Waals surface area contributed by atoms with Gasteiger partial charge in [-0.15, -0.1) is 0 Å². The Morgan fingerprint density at radius 2 is 1.90 bits per heavy atom. The number of aromatic amines is 1. The van der Waals surface area contributed by atoms with Crippen LogP contribution >= 0.6 is 0 Å². The first-order valence-corrected chi connectivity index (χ1v) is 9.50. The van der Waals surface area contributed by atoms with Crippen molar-refractivity contribution in [3.05, 3.63) is 59.8 Å². The van der Waals surface area contributed by atoms with Crippen LogP contribution in [0.4, 0.5) is 5.82 Å². The van der Waals surface area contributed by atoms with E-state index in [1.807, 2.05) is 25.1 Å². The third-order valence-electron chi connectivity index (χ3n) is 5.18. The van der Waals surface area contributed by atoms with Gasteiger partial charge in [0.25, 0.3) is 17.6 Å². The minimum Gasteiger partial charge on any atom is -0.497 e. The number of carbonyl (C=O) groups excluding carboxylic acids is 3. The number of carbonyl (C=O) groups is 3. The fraction of sp³-hybridized carbons (Fsp3) is 0.273. The molecule has 3 rings (SSSR count). The van der Waals surface area contributed by atoms with E-state index >= 15 is 0 Å². The van der Waals surface area contributed by atoms with E-state index in [4.69, 9.17) is 4.74 Å². The minimum absolute atomic E-state index is 0.0908. The Hall–Kier alpha value is -3.68. The molecule has 1 aromatic carbocycles. The maximum Gasteiger partial charge on any atom is 0.295 e. The Morgan fingerprint density at radius 1 is 1.20 bits per heavy atom. The number of hydrogen-bond acceptors (Lipinski definition) is 5. The highest BCUT2D eigenvalue weighted by molar-refractivity contribution is 6.43. The first kappa shape index (κ1) is 21.0. The number of amides is 2. The number of benzene rings is 1. The van der Waals surface area contributed by atoms with Crippen LogP contribution in [-0.2, 0) is 9.53 Å². The number of hydrogen-bond donors (Lipinski definition) is 1. The first-order chi connectivity index (χ1) is 14.4. The number of nitrogens with one attached hydrogen (secondary N) is 1. The van der Waals surface area contributed by atoms with Crippen LogP contribution in [0.1, 0.15) is 33.2 Å². The van der Waals surface area contributed by atoms with Gasteiger partial charge >= 0.3 is 0 Å². The number of piperazine rings is 1. The molecule has 1 aromatic heterocycles. The molecule has 2 amide bonds. The lowest BCUT2D eigenvalue weighted by Crippen LogP contribution is -2.56. The van der Waals surface area contributed by atoms with Gasteiger partial charge in [-0.1, -0.05) is 24.8 Å². The summed E-state index contributed by atoms with van der Waals surface area (Å²) in [6.07, 6.45) is 1.41. The van der Waals surface area contributed by atoms with Crippen molar-refractivity contribution in [3.63, 3.8) is 0 Å². The van der Waals surface area contributed by atoms with Crippen molar-refractivity contribution in [2.75, 3.05) is 26.7 Å². The summed E-state index contributed by atoms with van der Waals surface area (Å²) in [5.41, 5.74) is 1.04. The van der Waals surface area contributed by atoms with E-state index in [0.717, 1.165) is 0 Å². The average Bonchev–Trinajstić information content (AvgIpc) is 3.21. The molecule has 1 fully saturated rings. The molecule has 0 radical (unpaired) electrons. The smallest absolute Gasteiger partial charge is 0.295 e. The third kappa shape index (κ3) is 3.89. The van der Waals surface area contributed by atoms with Crippen LogP contribution < -0.4 is 0 Å². The number of ether oxygens (including phenoxy) is 1. The third-order valence-corrected chi connectivity index (χ3v) is 5.18. The molecule has 1 saturated heterocycles. The van der Waals surface area contributed by atoms with Gasteiger partial charge in [0.2, 0.25) is 0 Å². The monoisotopic (exact) mass is 408 g/mol. The molecule has 8 nitrogen and oxygen atoms in total. The van der Waals surface area contributed by atoms with Gasteiger partial charge in [-0.3, -0.25) is 14.4 Å². The second-order valence-electron chi connectivity index (χ2n) is 7.01. The second kappa shape index (κ2) is 8.77. The largest absolute Gasteiger partial charge is 0.497 e. The fourth-order valence-corrected chi connectivity index (χ4v) is 3.55. The van der Waals surface area contributed by atoms with Crippen LogP contribution in [0.2, 0.25) is 0 Å². The summed E-state index contributed by atoms with van der Waals surface area (Å²) in [5, 5.41) is 0. The highest BCUT2D eigenvalue weighted by Crippen LogP contribution is 2.29. The summed E-state index contributed by atoms with van der Waals surface area (Å²) in [6.45, 7) is 9.99. The Morgan fingerprint density at radius 3 is 2.50 bits per heavy atom. The van der Waals surface area contributed by atoms with Gasteiger partial charge in [-0.25, -0.2) is 4.99 Å². The Bertz CT molecular complexity index is 996. The molecule has 0 unspecified atom stereocenters. The van der Waals surface area contributed by atoms with Crippen molar-refractivity contribution in [3.8, 4) is 0 Å². The molecule has 1 aliphatic rings. The predicted octanol–water partition coefficient (Wildman–Crippen LogP) is 2.52. The molecule has 8 heteroatoms. The van der Waals surface area contributed by atoms with E-state index in [0.29, 0.717) is 30.0 Å². The van der Waals surface area contributed by atoms with E-state index in [2.05, 4.69) is 23.3 Å². The first-order valence-electron chi connectivity index (χ1n) is 9.50. The minimum atomic E-state index is -0.691. The maximum absolute atomic E-state index is 13.0. The summed E-state index contributed by atoms with van der Waals surface area (Å²) < 4.78 is 5.13. The van der Waals surface area contributed by atoms with Crippen LogP contribution in [0.25, 0.3) is 5.76 Å². The van der Waals surface area contributed by atoms with Crippen molar-refractivity contribution in [2.45, 2.75) is 13.0 Å². The van der Waals surface area contributed by atoms with Crippen LogP contribution in [0, 0.1) is 0 Å². The molecule has 1 atom stereocenters. The molecule has 1 aliphatic heterocycles. The van der Waals surface area contributed by atoms with E-state index in [1.54, 1.807) is 17.0 Å². The topological polar surface area (TPSA) is 95.1 Å². The molecular formula is C22H24N4O4. The number of methoxy groups -OCH3 is 1. The lowest BCUT2D eigenvalue weighted by Gasteiger charge is -2.39. The molecule has 1 N–H and O–H groups in total. The van der Waals surface area contributed by atoms with Crippen LogP contribution in [0.5, 0.6) is 0 Å². The van der Waals surface area contributed by atoms with E-state index in [1.165, 1.54) is 18.2 Å². The zero-order chi connectivity index (χ0) is 21.8. The summed E-state index contributed by atoms with van der Waals surface area (Å²) in [6, 6.07) is 8.67. The molecule has 156 valence electrons. The van der Waals surface area contributed by atoms with Gasteiger partial charge in [-0.2, -0.15) is 0 Å². The molecule has 0 spiro atoms. The summed E-state index contributed by atoms with van der Waals surface area (Å²) in [5.74, 6) is -0.907. The zero-order valence-corrected chi connectivity index (χ0v) is 17.1. The van der Waals surface area contributed by atoms with Crippen molar-refractivity contribution in [1.29, 1.82) is 0 Å². The summed E-state index contributed by atoms with van der Waals surface area (Å²) >= 11 is 0. The van der Waals surface area contributed by atoms with Gasteiger partial charge in [0.15, 0.2) is 0 Å². The summed E-state index contributed by atoms with van der Waals surface area (Å²) in [7, 11) is 1.42. The molecule has 30 heavy (non-hydrogen) atoms. The molecule has 0 saturated carbocycles. The number of ketones is 1. The van der Waals surface area contributed by atoms with Gasteiger partial charge in [0.1, 0.15) is 11.6 Å². The Balaban J connectivity index is 1.75. The number of H-pyrrole nitrogens is 1. The average molecular weight is 408 g/mol. The van der Waals surface area contributed by atoms with Crippen LogP contribution in [0.15, 0.2) is 48.1 Å². The Labute approximate surface area is 174 Å². The molecule has 0 bridgehead atoms. The van der Waals surface area contributed by atoms with E-state index in [-0.39, 0.29) is 29.8 Å². The van der Waals surface area contributed by atoms with E-state index < -0.39 is 11.7 Å². The van der Waals surface area contributed by atoms with Crippen LogP contribution in [-0.4, -0.2) is 71.9 Å². The van der Waals surface area contributed by atoms with Gasteiger partial charge < -0.3 is 19.5 Å². The van der Waals surface area contributed by atoms with Crippen molar-refractivity contribution >= 4 is 35.9 Å². The summed E-state index contributed by atoms with van der Waals surface area (Å²) in [4.78, 5) is 48.4. The van der Waals surface area contributed by atoms with Crippen molar-refractivity contribution in [1.82, 2.24) is 14.8 Å². The number of aliphatic imine (C=N–C) groups is 1. The quantitative estimate of drug-likeness (QED) is 0.344. The molecule has 0 aliphatic carbocycles. The van der Waals surface area contributed by atoms with Gasteiger partial charge in [0, 0.05) is 37.4 Å². The van der Waals surface area contributed by atoms with E-state index in [9.17, 15) is 14.4 Å². The number of rotatable bonds is 6. The molecule has 2 heterocycles.